The van der Waals surface area contributed by atoms with Crippen LogP contribution in [-0.4, -0.2) is 72.5 Å². The number of esters is 2. The average molecular weight is 530 g/mol. The maximum absolute atomic E-state index is 13.3. The summed E-state index contributed by atoms with van der Waals surface area (Å²) >= 11 is 0. The van der Waals surface area contributed by atoms with Gasteiger partial charge in [-0.05, 0) is 69.4 Å². The van der Waals surface area contributed by atoms with E-state index in [1.54, 1.807) is 32.2 Å². The van der Waals surface area contributed by atoms with Crippen LogP contribution in [-0.2, 0) is 14.3 Å². The zero-order chi connectivity index (χ0) is 27.7. The zero-order valence-corrected chi connectivity index (χ0v) is 22.5. The Morgan fingerprint density at radius 3 is 2.55 bits per heavy atom. The Hall–Kier alpha value is -2.33. The van der Waals surface area contributed by atoms with Crippen LogP contribution in [0.5, 0.6) is 0 Å². The molecule has 4 N–H and O–H groups in total. The van der Waals surface area contributed by atoms with E-state index in [2.05, 4.69) is 4.98 Å². The molecule has 0 aliphatic heterocycles. The summed E-state index contributed by atoms with van der Waals surface area (Å²) in [6.45, 7) is 6.51. The predicted molar refractivity (Wildman–Crippen MR) is 136 cm³/mol. The summed E-state index contributed by atoms with van der Waals surface area (Å²) < 4.78 is 11.6. The number of carbonyl (C=O) groups is 2. The molecule has 3 fully saturated rings. The fourth-order valence-electron chi connectivity index (χ4n) is 8.52. The molecule has 1 heterocycles. The molecule has 0 radical (unpaired) electrons. The number of pyridine rings is 1. The molecule has 1 aromatic rings. The summed E-state index contributed by atoms with van der Waals surface area (Å²) in [5, 5.41) is 47.7. The van der Waals surface area contributed by atoms with Gasteiger partial charge in [0.2, 0.25) is 0 Å². The molecule has 4 aliphatic rings. The molecule has 38 heavy (non-hydrogen) atoms. The van der Waals surface area contributed by atoms with E-state index in [9.17, 15) is 30.0 Å². The monoisotopic (exact) mass is 529 g/mol. The Kier molecular flexibility index (Phi) is 6.34. The van der Waals surface area contributed by atoms with Crippen LogP contribution >= 0.6 is 0 Å². The van der Waals surface area contributed by atoms with Gasteiger partial charge in [0.05, 0.1) is 17.1 Å². The Morgan fingerprint density at radius 2 is 1.89 bits per heavy atom. The van der Waals surface area contributed by atoms with Crippen LogP contribution in [0.2, 0.25) is 0 Å². The largest absolute Gasteiger partial charge is 0.460 e. The number of rotatable bonds is 4. The van der Waals surface area contributed by atoms with Crippen molar-refractivity contribution in [3.63, 3.8) is 0 Å². The zero-order valence-electron chi connectivity index (χ0n) is 22.5. The van der Waals surface area contributed by atoms with Crippen molar-refractivity contribution in [2.75, 3.05) is 0 Å². The Labute approximate surface area is 222 Å². The van der Waals surface area contributed by atoms with Crippen LogP contribution in [0.1, 0.15) is 83.0 Å². The van der Waals surface area contributed by atoms with Crippen LogP contribution < -0.4 is 0 Å². The summed E-state index contributed by atoms with van der Waals surface area (Å²) in [6.07, 6.45) is 4.41. The lowest BCUT2D eigenvalue weighted by Crippen LogP contribution is -2.78. The maximum Gasteiger partial charge on any atom is 0.339 e. The number of hydrogen-bond acceptors (Lipinski definition) is 9. The standard InChI is InChI=1S/C29H39NO8/c1-17(37-18(2)31)27(34)11-12-29(36)26(27,4)23(38-24(33)19-6-5-13-30-16-19)15-22-25(3)9-8-21(32)14-20(25)7-10-28(22,29)35/h5-7,13,16-17,21-23,32,34-36H,8-12,14-15H2,1-4H3/t17-,21-,22+,23+,25-,26+,27+,28-,29+/m0/s1. The molecule has 0 bridgehead atoms. The third-order valence-electron chi connectivity index (χ3n) is 10.8. The smallest absolute Gasteiger partial charge is 0.339 e. The molecular weight excluding hydrogens is 490 g/mol. The number of nitrogens with zero attached hydrogens (tertiary/aromatic N) is 1. The minimum atomic E-state index is -1.87. The van der Waals surface area contributed by atoms with Crippen LogP contribution in [0.3, 0.4) is 0 Å². The van der Waals surface area contributed by atoms with E-state index >= 15 is 0 Å². The van der Waals surface area contributed by atoms with Gasteiger partial charge in [0.25, 0.3) is 0 Å². The minimum absolute atomic E-state index is 0.0292. The van der Waals surface area contributed by atoms with Crippen molar-refractivity contribution in [2.24, 2.45) is 16.7 Å². The first-order valence-electron chi connectivity index (χ1n) is 13.6. The van der Waals surface area contributed by atoms with Crippen molar-refractivity contribution in [3.8, 4) is 0 Å². The summed E-state index contributed by atoms with van der Waals surface area (Å²) in [4.78, 5) is 29.2. The second-order valence-electron chi connectivity index (χ2n) is 12.3. The molecule has 5 rings (SSSR count). The molecule has 9 atom stereocenters. The highest BCUT2D eigenvalue weighted by atomic mass is 16.6. The lowest BCUT2D eigenvalue weighted by Gasteiger charge is -2.67. The van der Waals surface area contributed by atoms with Gasteiger partial charge < -0.3 is 29.9 Å². The topological polar surface area (TPSA) is 146 Å². The molecule has 9 heteroatoms. The van der Waals surface area contributed by atoms with Gasteiger partial charge in [0, 0.05) is 25.2 Å². The van der Waals surface area contributed by atoms with Gasteiger partial charge in [-0.25, -0.2) is 4.79 Å². The van der Waals surface area contributed by atoms with E-state index in [0.29, 0.717) is 19.3 Å². The Bertz CT molecular complexity index is 1160. The fourth-order valence-corrected chi connectivity index (χ4v) is 8.52. The highest BCUT2D eigenvalue weighted by Crippen LogP contribution is 2.71. The second kappa shape index (κ2) is 8.84. The quantitative estimate of drug-likeness (QED) is 0.341. The van der Waals surface area contributed by atoms with Crippen molar-refractivity contribution in [1.82, 2.24) is 4.98 Å². The Balaban J connectivity index is 1.64. The van der Waals surface area contributed by atoms with E-state index in [4.69, 9.17) is 9.47 Å². The number of aliphatic hydroxyl groups excluding tert-OH is 1. The maximum atomic E-state index is 13.3. The molecule has 208 valence electrons. The van der Waals surface area contributed by atoms with Gasteiger partial charge >= 0.3 is 11.9 Å². The number of aliphatic hydroxyl groups is 4. The number of ether oxygens (including phenoxy) is 2. The van der Waals surface area contributed by atoms with Crippen LogP contribution in [0.15, 0.2) is 36.2 Å². The van der Waals surface area contributed by atoms with Crippen LogP contribution in [0, 0.1) is 16.7 Å². The first-order valence-corrected chi connectivity index (χ1v) is 13.6. The predicted octanol–water partition coefficient (Wildman–Crippen LogP) is 2.45. The molecule has 9 nitrogen and oxygen atoms in total. The second-order valence-corrected chi connectivity index (χ2v) is 12.3. The Morgan fingerprint density at radius 1 is 1.16 bits per heavy atom. The molecular formula is C29H39NO8. The van der Waals surface area contributed by atoms with Crippen molar-refractivity contribution in [2.45, 2.75) is 108 Å². The SMILES string of the molecule is CC(=O)O[C@@H](C)[C@]1(O)CC[C@@]2(O)[C@]1(C)[C@H](OC(=O)c1cccnc1)C[C@@H]1[C@@]3(C)CC[C@H](O)CC3=CC[C@]12O. The van der Waals surface area contributed by atoms with Crippen molar-refractivity contribution in [3.05, 3.63) is 41.7 Å². The number of carbonyl (C=O) groups excluding carboxylic acids is 2. The van der Waals surface area contributed by atoms with E-state index in [-0.39, 0.29) is 31.2 Å². The van der Waals surface area contributed by atoms with E-state index < -0.39 is 63.8 Å². The minimum Gasteiger partial charge on any atom is -0.460 e. The fraction of sp³-hybridized carbons (Fsp3) is 0.690. The van der Waals surface area contributed by atoms with Gasteiger partial charge in [-0.1, -0.05) is 25.5 Å². The normalized spacial score (nSPS) is 44.6. The summed E-state index contributed by atoms with van der Waals surface area (Å²) in [5.74, 6) is -1.74. The molecule has 0 unspecified atom stereocenters. The third-order valence-corrected chi connectivity index (χ3v) is 10.8. The first kappa shape index (κ1) is 27.2. The van der Waals surface area contributed by atoms with Gasteiger partial charge in [0.1, 0.15) is 29.0 Å². The molecule has 4 aliphatic carbocycles. The molecule has 1 aromatic heterocycles. The van der Waals surface area contributed by atoms with Gasteiger partial charge in [-0.15, -0.1) is 0 Å². The van der Waals surface area contributed by atoms with E-state index in [0.717, 1.165) is 5.57 Å². The van der Waals surface area contributed by atoms with Crippen LogP contribution in [0.25, 0.3) is 0 Å². The number of hydrogen-bond donors (Lipinski definition) is 4. The van der Waals surface area contributed by atoms with Gasteiger partial charge in [0.15, 0.2) is 0 Å². The summed E-state index contributed by atoms with van der Waals surface area (Å²) in [5.41, 5.74) is -6.14. The lowest BCUT2D eigenvalue weighted by molar-refractivity contribution is -0.324. The highest BCUT2D eigenvalue weighted by Gasteiger charge is 2.81. The molecule has 0 aromatic carbocycles. The molecule has 3 saturated carbocycles. The van der Waals surface area contributed by atoms with Crippen molar-refractivity contribution < 1.29 is 39.5 Å². The van der Waals surface area contributed by atoms with Crippen LogP contribution in [0.4, 0.5) is 0 Å². The van der Waals surface area contributed by atoms with Gasteiger partial charge in [-0.3, -0.25) is 9.78 Å². The molecule has 0 saturated heterocycles. The van der Waals surface area contributed by atoms with E-state index in [1.165, 1.54) is 13.1 Å². The number of aromatic nitrogens is 1. The lowest BCUT2D eigenvalue weighted by atomic mass is 9.42. The van der Waals surface area contributed by atoms with Gasteiger partial charge in [-0.2, -0.15) is 0 Å². The molecule has 0 spiro atoms. The average Bonchev–Trinajstić information content (AvgIpc) is 3.10. The van der Waals surface area contributed by atoms with E-state index in [1.807, 2.05) is 13.0 Å². The molecule has 0 amide bonds. The van der Waals surface area contributed by atoms with Crippen molar-refractivity contribution >= 4 is 11.9 Å². The number of fused-ring (bicyclic) bond motifs is 5. The summed E-state index contributed by atoms with van der Waals surface area (Å²) in [7, 11) is 0. The third kappa shape index (κ3) is 3.48. The van der Waals surface area contributed by atoms with Crippen molar-refractivity contribution in [1.29, 1.82) is 0 Å². The first-order chi connectivity index (χ1) is 17.7. The summed E-state index contributed by atoms with van der Waals surface area (Å²) in [6, 6.07) is 3.20. The highest BCUT2D eigenvalue weighted by molar-refractivity contribution is 5.89.